The minimum atomic E-state index is -3.67. The van der Waals surface area contributed by atoms with Crippen LogP contribution in [0.3, 0.4) is 0 Å². The molecule has 0 radical (unpaired) electrons. The molecule has 2 rings (SSSR count). The number of anilines is 1. The molecular formula is C15H16ClNO2S2. The zero-order valence-corrected chi connectivity index (χ0v) is 14.4. The van der Waals surface area contributed by atoms with Gasteiger partial charge in [-0.05, 0) is 61.6 Å². The van der Waals surface area contributed by atoms with Crippen LogP contribution in [0.4, 0.5) is 5.69 Å². The minimum Gasteiger partial charge on any atom is -0.280 e. The van der Waals surface area contributed by atoms with Crippen LogP contribution in [0.25, 0.3) is 0 Å². The van der Waals surface area contributed by atoms with Crippen LogP contribution < -0.4 is 4.72 Å². The van der Waals surface area contributed by atoms with Crippen LogP contribution in [0, 0.1) is 13.8 Å². The molecule has 0 heterocycles. The third-order valence-corrected chi connectivity index (χ3v) is 5.47. The van der Waals surface area contributed by atoms with Crippen LogP contribution >= 0.6 is 23.4 Å². The predicted octanol–water partition coefficient (Wildman–Crippen LogP) is 4.48. The Hall–Kier alpha value is -1.17. The quantitative estimate of drug-likeness (QED) is 0.834. The van der Waals surface area contributed by atoms with Crippen LogP contribution in [0.5, 0.6) is 0 Å². The van der Waals surface area contributed by atoms with Crippen molar-refractivity contribution in [2.75, 3.05) is 11.0 Å². The predicted molar refractivity (Wildman–Crippen MR) is 90.0 cm³/mol. The molecule has 6 heteroatoms. The summed E-state index contributed by atoms with van der Waals surface area (Å²) < 4.78 is 27.8. The molecule has 0 aliphatic carbocycles. The summed E-state index contributed by atoms with van der Waals surface area (Å²) in [5.74, 6) is 0. The van der Waals surface area contributed by atoms with Crippen molar-refractivity contribution < 1.29 is 8.42 Å². The van der Waals surface area contributed by atoms with E-state index < -0.39 is 10.0 Å². The van der Waals surface area contributed by atoms with Gasteiger partial charge in [-0.2, -0.15) is 0 Å². The summed E-state index contributed by atoms with van der Waals surface area (Å²) in [6, 6.07) is 10.5. The second kappa shape index (κ2) is 6.30. The van der Waals surface area contributed by atoms with Gasteiger partial charge in [0, 0.05) is 15.6 Å². The highest BCUT2D eigenvalue weighted by Crippen LogP contribution is 2.29. The van der Waals surface area contributed by atoms with Gasteiger partial charge in [-0.3, -0.25) is 4.72 Å². The van der Waals surface area contributed by atoms with E-state index in [1.165, 1.54) is 17.8 Å². The van der Waals surface area contributed by atoms with Crippen LogP contribution in [0.2, 0.25) is 5.02 Å². The summed E-state index contributed by atoms with van der Waals surface area (Å²) in [5, 5.41) is 0.397. The number of hydrogen-bond acceptors (Lipinski definition) is 3. The van der Waals surface area contributed by atoms with Crippen molar-refractivity contribution in [3.8, 4) is 0 Å². The van der Waals surface area contributed by atoms with Gasteiger partial charge in [0.1, 0.15) is 4.90 Å². The summed E-state index contributed by atoms with van der Waals surface area (Å²) in [6.45, 7) is 3.86. The molecule has 1 N–H and O–H groups in total. The van der Waals surface area contributed by atoms with Gasteiger partial charge in [-0.25, -0.2) is 8.42 Å². The number of nitrogens with one attached hydrogen (secondary N) is 1. The molecule has 0 atom stereocenters. The zero-order chi connectivity index (χ0) is 15.6. The zero-order valence-electron chi connectivity index (χ0n) is 12.0. The lowest BCUT2D eigenvalue weighted by molar-refractivity contribution is 0.599. The van der Waals surface area contributed by atoms with E-state index in [4.69, 9.17) is 11.6 Å². The van der Waals surface area contributed by atoms with Crippen molar-refractivity contribution in [3.63, 3.8) is 0 Å². The van der Waals surface area contributed by atoms with Crippen LogP contribution in [-0.2, 0) is 10.0 Å². The molecule has 0 aliphatic rings. The van der Waals surface area contributed by atoms with E-state index in [2.05, 4.69) is 4.72 Å². The molecule has 2 aromatic rings. The molecule has 0 saturated heterocycles. The fraction of sp³-hybridized carbons (Fsp3) is 0.200. The third kappa shape index (κ3) is 3.93. The monoisotopic (exact) mass is 341 g/mol. The molecule has 0 spiro atoms. The maximum absolute atomic E-state index is 12.6. The maximum Gasteiger partial charge on any atom is 0.263 e. The first kappa shape index (κ1) is 16.2. The molecular weight excluding hydrogens is 326 g/mol. The van der Waals surface area contributed by atoms with Gasteiger partial charge in [-0.15, -0.1) is 11.8 Å². The molecule has 3 nitrogen and oxygen atoms in total. The molecule has 2 aromatic carbocycles. The lowest BCUT2D eigenvalue weighted by atomic mass is 10.1. The number of sulfonamides is 1. The maximum atomic E-state index is 12.6. The summed E-state index contributed by atoms with van der Waals surface area (Å²) in [4.78, 5) is 0.859. The first-order chi connectivity index (χ1) is 9.81. The number of hydrogen-bond donors (Lipinski definition) is 1. The molecule has 0 fully saturated rings. The van der Waals surface area contributed by atoms with Crippen LogP contribution in [0.1, 0.15) is 11.1 Å². The molecule has 0 amide bonds. The Balaban J connectivity index is 2.45. The number of rotatable bonds is 4. The molecule has 0 bridgehead atoms. The lowest BCUT2D eigenvalue weighted by Crippen LogP contribution is -2.14. The average molecular weight is 342 g/mol. The third-order valence-electron chi connectivity index (χ3n) is 2.89. The molecule has 0 unspecified atom stereocenters. The topological polar surface area (TPSA) is 46.2 Å². The highest BCUT2D eigenvalue weighted by atomic mass is 35.5. The summed E-state index contributed by atoms with van der Waals surface area (Å²) in [6.07, 6.45) is 1.83. The SMILES string of the molecule is CSc1ccc(Cl)cc1S(=O)(=O)Nc1cc(C)cc(C)c1. The van der Waals surface area contributed by atoms with Crippen molar-refractivity contribution in [3.05, 3.63) is 52.5 Å². The van der Waals surface area contributed by atoms with E-state index in [1.807, 2.05) is 26.2 Å². The van der Waals surface area contributed by atoms with Crippen molar-refractivity contribution in [1.29, 1.82) is 0 Å². The van der Waals surface area contributed by atoms with Gasteiger partial charge >= 0.3 is 0 Å². The van der Waals surface area contributed by atoms with Crippen LogP contribution in [0.15, 0.2) is 46.2 Å². The van der Waals surface area contributed by atoms with Gasteiger partial charge in [0.2, 0.25) is 0 Å². The number of benzene rings is 2. The van der Waals surface area contributed by atoms with E-state index in [0.717, 1.165) is 11.1 Å². The Morgan fingerprint density at radius 1 is 1.05 bits per heavy atom. The van der Waals surface area contributed by atoms with Crippen LogP contribution in [-0.4, -0.2) is 14.7 Å². The van der Waals surface area contributed by atoms with Crippen molar-refractivity contribution in [2.45, 2.75) is 23.6 Å². The highest BCUT2D eigenvalue weighted by Gasteiger charge is 2.19. The van der Waals surface area contributed by atoms with Crippen molar-refractivity contribution in [1.82, 2.24) is 0 Å². The van der Waals surface area contributed by atoms with E-state index >= 15 is 0 Å². The Bertz CT molecular complexity index is 753. The second-order valence-electron chi connectivity index (χ2n) is 4.78. The van der Waals surface area contributed by atoms with Gasteiger partial charge in [0.25, 0.3) is 10.0 Å². The summed E-state index contributed by atoms with van der Waals surface area (Å²) >= 11 is 7.30. The van der Waals surface area contributed by atoms with Gasteiger partial charge in [0.15, 0.2) is 0 Å². The Morgan fingerprint density at radius 3 is 2.24 bits per heavy atom. The first-order valence-corrected chi connectivity index (χ1v) is 9.35. The van der Waals surface area contributed by atoms with Gasteiger partial charge in [0.05, 0.1) is 0 Å². The molecule has 21 heavy (non-hydrogen) atoms. The molecule has 0 saturated carbocycles. The highest BCUT2D eigenvalue weighted by molar-refractivity contribution is 7.99. The summed E-state index contributed by atoms with van der Waals surface area (Å²) in [7, 11) is -3.67. The lowest BCUT2D eigenvalue weighted by Gasteiger charge is -2.12. The smallest absolute Gasteiger partial charge is 0.263 e. The standard InChI is InChI=1S/C15H16ClNO2S2/c1-10-6-11(2)8-13(7-10)17-21(18,19)15-9-12(16)4-5-14(15)20-3/h4-9,17H,1-3H3. The molecule has 0 aliphatic heterocycles. The number of halogens is 1. The average Bonchev–Trinajstić information content (AvgIpc) is 2.36. The fourth-order valence-electron chi connectivity index (χ4n) is 2.10. The van der Waals surface area contributed by atoms with E-state index in [-0.39, 0.29) is 4.90 Å². The number of thioether (sulfide) groups is 1. The van der Waals surface area contributed by atoms with Crippen molar-refractivity contribution in [2.24, 2.45) is 0 Å². The minimum absolute atomic E-state index is 0.196. The van der Waals surface area contributed by atoms with E-state index in [1.54, 1.807) is 24.3 Å². The Kier molecular flexibility index (Phi) is 4.86. The fourth-order valence-corrected chi connectivity index (χ4v) is 4.54. The normalized spacial score (nSPS) is 11.4. The van der Waals surface area contributed by atoms with Gasteiger partial charge < -0.3 is 0 Å². The Labute approximate surface area is 134 Å². The number of aryl methyl sites for hydroxylation is 2. The first-order valence-electron chi connectivity index (χ1n) is 6.26. The largest absolute Gasteiger partial charge is 0.280 e. The van der Waals surface area contributed by atoms with Gasteiger partial charge in [-0.1, -0.05) is 17.7 Å². The Morgan fingerprint density at radius 2 is 1.67 bits per heavy atom. The van der Waals surface area contributed by atoms with Crippen molar-refractivity contribution >= 4 is 39.1 Å². The van der Waals surface area contributed by atoms with E-state index in [9.17, 15) is 8.42 Å². The molecule has 0 aromatic heterocycles. The van der Waals surface area contributed by atoms with E-state index in [0.29, 0.717) is 15.6 Å². The summed E-state index contributed by atoms with van der Waals surface area (Å²) in [5.41, 5.74) is 2.56. The molecule has 112 valence electrons. The second-order valence-corrected chi connectivity index (χ2v) is 7.71.